The molecule has 0 N–H and O–H groups in total. The Labute approximate surface area is 64.6 Å². The van der Waals surface area contributed by atoms with Crippen molar-refractivity contribution in [1.29, 1.82) is 0 Å². The lowest BCUT2D eigenvalue weighted by Crippen LogP contribution is -1.89. The van der Waals surface area contributed by atoms with Crippen LogP contribution in [-0.2, 0) is 18.4 Å². The maximum atomic E-state index is 9.77. The summed E-state index contributed by atoms with van der Waals surface area (Å²) in [6, 6.07) is 0. The quantitative estimate of drug-likeness (QED) is 0.458. The number of aromatic nitrogens is 2. The molecule has 1 rings (SSSR count). The third kappa shape index (κ3) is 1.75. The number of hydrogen-bond donors (Lipinski definition) is 0. The van der Waals surface area contributed by atoms with Crippen molar-refractivity contribution >= 4 is 6.08 Å². The van der Waals surface area contributed by atoms with E-state index < -0.39 is 0 Å². The van der Waals surface area contributed by atoms with Crippen molar-refractivity contribution in [1.82, 2.24) is 9.78 Å². The molecular formula is C7H9N3O. The van der Waals surface area contributed by atoms with Gasteiger partial charge in [0.05, 0.1) is 12.2 Å². The maximum Gasteiger partial charge on any atom is 0.235 e. The Bertz CT molecular complexity index is 297. The van der Waals surface area contributed by atoms with Crippen LogP contribution in [0.5, 0.6) is 0 Å². The first-order valence-electron chi connectivity index (χ1n) is 3.27. The molecule has 0 aliphatic carbocycles. The van der Waals surface area contributed by atoms with Crippen molar-refractivity contribution < 1.29 is 4.79 Å². The third-order valence-corrected chi connectivity index (χ3v) is 1.41. The monoisotopic (exact) mass is 151 g/mol. The minimum absolute atomic E-state index is 0.330. The van der Waals surface area contributed by atoms with Gasteiger partial charge in [-0.05, 0) is 12.5 Å². The van der Waals surface area contributed by atoms with Crippen molar-refractivity contribution in [3.8, 4) is 0 Å². The fraction of sp³-hybridized carbons (Fsp3) is 0.429. The average molecular weight is 151 g/mol. The van der Waals surface area contributed by atoms with E-state index in [-0.39, 0.29) is 0 Å². The lowest BCUT2D eigenvalue weighted by molar-refractivity contribution is 0.562. The van der Waals surface area contributed by atoms with Gasteiger partial charge in [-0.3, -0.25) is 4.68 Å². The summed E-state index contributed by atoms with van der Waals surface area (Å²) >= 11 is 0. The average Bonchev–Trinajstić information content (AvgIpc) is 2.26. The van der Waals surface area contributed by atoms with Crippen LogP contribution < -0.4 is 0 Å². The number of isocyanates is 1. The fourth-order valence-corrected chi connectivity index (χ4v) is 0.916. The second-order valence-electron chi connectivity index (χ2n) is 2.34. The van der Waals surface area contributed by atoms with E-state index in [1.54, 1.807) is 4.68 Å². The van der Waals surface area contributed by atoms with Crippen LogP contribution in [0.4, 0.5) is 0 Å². The predicted octanol–water partition coefficient (Wildman–Crippen LogP) is 0.564. The first kappa shape index (κ1) is 7.69. The first-order valence-corrected chi connectivity index (χ1v) is 3.27. The highest BCUT2D eigenvalue weighted by atomic mass is 16.1. The van der Waals surface area contributed by atoms with E-state index in [0.717, 1.165) is 11.3 Å². The number of aryl methyl sites for hydroxylation is 2. The highest BCUT2D eigenvalue weighted by Gasteiger charge is 2.00. The molecule has 0 fully saturated rings. The van der Waals surface area contributed by atoms with E-state index in [1.807, 2.05) is 20.2 Å². The Kier molecular flexibility index (Phi) is 2.18. The number of nitrogens with zero attached hydrogens (tertiary/aromatic N) is 3. The van der Waals surface area contributed by atoms with Gasteiger partial charge in [0, 0.05) is 13.2 Å². The van der Waals surface area contributed by atoms with Crippen LogP contribution in [0, 0.1) is 6.92 Å². The zero-order chi connectivity index (χ0) is 8.27. The molecule has 1 heterocycles. The molecule has 0 aromatic carbocycles. The molecule has 0 saturated carbocycles. The fourth-order valence-electron chi connectivity index (χ4n) is 0.916. The molecule has 0 aliphatic rings. The van der Waals surface area contributed by atoms with Crippen LogP contribution in [0.3, 0.4) is 0 Å². The van der Waals surface area contributed by atoms with Crippen LogP contribution in [0.15, 0.2) is 11.2 Å². The SMILES string of the molecule is Cc1cn(C)nc1CN=C=O. The van der Waals surface area contributed by atoms with Crippen LogP contribution in [0.2, 0.25) is 0 Å². The molecule has 0 amide bonds. The number of aliphatic imine (C=N–C) groups is 1. The van der Waals surface area contributed by atoms with E-state index in [1.165, 1.54) is 6.08 Å². The van der Waals surface area contributed by atoms with Crippen molar-refractivity contribution in [2.45, 2.75) is 13.5 Å². The van der Waals surface area contributed by atoms with Crippen LogP contribution in [-0.4, -0.2) is 15.9 Å². The molecule has 4 heteroatoms. The molecule has 4 nitrogen and oxygen atoms in total. The minimum Gasteiger partial charge on any atom is -0.275 e. The van der Waals surface area contributed by atoms with Crippen LogP contribution >= 0.6 is 0 Å². The van der Waals surface area contributed by atoms with Gasteiger partial charge >= 0.3 is 0 Å². The van der Waals surface area contributed by atoms with Gasteiger partial charge in [0.2, 0.25) is 6.08 Å². The Morgan fingerprint density at radius 3 is 3.00 bits per heavy atom. The predicted molar refractivity (Wildman–Crippen MR) is 39.8 cm³/mol. The maximum absolute atomic E-state index is 9.77. The lowest BCUT2D eigenvalue weighted by Gasteiger charge is -1.86. The summed E-state index contributed by atoms with van der Waals surface area (Å²) in [6.45, 7) is 2.26. The highest BCUT2D eigenvalue weighted by molar-refractivity contribution is 5.33. The summed E-state index contributed by atoms with van der Waals surface area (Å²) in [5.74, 6) is 0. The summed E-state index contributed by atoms with van der Waals surface area (Å²) in [4.78, 5) is 13.2. The molecule has 11 heavy (non-hydrogen) atoms. The van der Waals surface area contributed by atoms with Crippen molar-refractivity contribution in [3.05, 3.63) is 17.5 Å². The molecule has 0 saturated heterocycles. The highest BCUT2D eigenvalue weighted by Crippen LogP contribution is 2.04. The van der Waals surface area contributed by atoms with Crippen molar-refractivity contribution in [2.24, 2.45) is 12.0 Å². The second kappa shape index (κ2) is 3.12. The summed E-state index contributed by atoms with van der Waals surface area (Å²) in [5, 5.41) is 4.09. The molecule has 0 radical (unpaired) electrons. The van der Waals surface area contributed by atoms with E-state index in [0.29, 0.717) is 6.54 Å². The van der Waals surface area contributed by atoms with Gasteiger partial charge in [0.1, 0.15) is 0 Å². The summed E-state index contributed by atoms with van der Waals surface area (Å²) < 4.78 is 1.70. The number of rotatable bonds is 2. The molecule has 0 bridgehead atoms. The van der Waals surface area contributed by atoms with Gasteiger partial charge in [-0.15, -0.1) is 0 Å². The minimum atomic E-state index is 0.330. The molecule has 1 aromatic rings. The van der Waals surface area contributed by atoms with Gasteiger partial charge in [-0.25, -0.2) is 4.79 Å². The second-order valence-corrected chi connectivity index (χ2v) is 2.34. The van der Waals surface area contributed by atoms with Gasteiger partial charge < -0.3 is 0 Å². The summed E-state index contributed by atoms with van der Waals surface area (Å²) in [5.41, 5.74) is 1.88. The molecule has 1 aromatic heterocycles. The van der Waals surface area contributed by atoms with E-state index >= 15 is 0 Å². The first-order chi connectivity index (χ1) is 5.24. The third-order valence-electron chi connectivity index (χ3n) is 1.41. The van der Waals surface area contributed by atoms with E-state index in [9.17, 15) is 4.79 Å². The van der Waals surface area contributed by atoms with Gasteiger partial charge in [0.25, 0.3) is 0 Å². The molecule has 0 atom stereocenters. The Hall–Kier alpha value is -1.41. The summed E-state index contributed by atoms with van der Waals surface area (Å²) in [7, 11) is 1.83. The summed E-state index contributed by atoms with van der Waals surface area (Å²) in [6.07, 6.45) is 3.36. The molecule has 0 aliphatic heterocycles. The Morgan fingerprint density at radius 2 is 2.55 bits per heavy atom. The molecular weight excluding hydrogens is 142 g/mol. The molecule has 58 valence electrons. The smallest absolute Gasteiger partial charge is 0.235 e. The van der Waals surface area contributed by atoms with E-state index in [2.05, 4.69) is 10.1 Å². The zero-order valence-electron chi connectivity index (χ0n) is 6.53. The van der Waals surface area contributed by atoms with Crippen LogP contribution in [0.1, 0.15) is 11.3 Å². The molecule has 0 unspecified atom stereocenters. The number of carbonyl (C=O) groups excluding carboxylic acids is 1. The van der Waals surface area contributed by atoms with E-state index in [4.69, 9.17) is 0 Å². The zero-order valence-corrected chi connectivity index (χ0v) is 6.53. The largest absolute Gasteiger partial charge is 0.275 e. The van der Waals surface area contributed by atoms with Crippen LogP contribution in [0.25, 0.3) is 0 Å². The Balaban J connectivity index is 2.85. The standard InChI is InChI=1S/C7H9N3O/c1-6-4-10(2)9-7(6)3-8-5-11/h4H,3H2,1-2H3. The van der Waals surface area contributed by atoms with Crippen molar-refractivity contribution in [3.63, 3.8) is 0 Å². The van der Waals surface area contributed by atoms with Gasteiger partial charge in [0.15, 0.2) is 0 Å². The number of hydrogen-bond acceptors (Lipinski definition) is 3. The topological polar surface area (TPSA) is 47.2 Å². The lowest BCUT2D eigenvalue weighted by atomic mass is 10.3. The Morgan fingerprint density at radius 1 is 1.82 bits per heavy atom. The van der Waals surface area contributed by atoms with Gasteiger partial charge in [-0.1, -0.05) is 0 Å². The van der Waals surface area contributed by atoms with Gasteiger partial charge in [-0.2, -0.15) is 10.1 Å². The van der Waals surface area contributed by atoms with Crippen molar-refractivity contribution in [2.75, 3.05) is 0 Å². The molecule has 0 spiro atoms. The normalized spacial score (nSPS) is 9.27.